The van der Waals surface area contributed by atoms with Crippen LogP contribution in [0.5, 0.6) is 11.5 Å². The normalized spacial score (nSPS) is 16.4. The van der Waals surface area contributed by atoms with E-state index in [0.717, 1.165) is 28.7 Å². The van der Waals surface area contributed by atoms with Crippen LogP contribution < -0.4 is 0 Å². The lowest BCUT2D eigenvalue weighted by Gasteiger charge is -2.12. The van der Waals surface area contributed by atoms with Crippen LogP contribution in [0.1, 0.15) is 53.0 Å². The minimum absolute atomic E-state index is 0.414. The highest BCUT2D eigenvalue weighted by Gasteiger charge is 2.13. The number of aryl methyl sites for hydroxylation is 4. The van der Waals surface area contributed by atoms with Gasteiger partial charge in [0.1, 0.15) is 11.5 Å². The van der Waals surface area contributed by atoms with Crippen LogP contribution in [0.2, 0.25) is 0 Å². The summed E-state index contributed by atoms with van der Waals surface area (Å²) in [5.74, 6) is 1.42. The predicted octanol–water partition coefficient (Wildman–Crippen LogP) is 6.95. The first-order valence-corrected chi connectivity index (χ1v) is 9.93. The first kappa shape index (κ1) is 21.6. The molecule has 2 aliphatic carbocycles. The van der Waals surface area contributed by atoms with E-state index in [9.17, 15) is 10.2 Å². The van der Waals surface area contributed by atoms with E-state index in [1.807, 2.05) is 45.9 Å². The third-order valence-corrected chi connectivity index (χ3v) is 5.05. The molecule has 0 saturated heterocycles. The van der Waals surface area contributed by atoms with Gasteiger partial charge in [-0.3, -0.25) is 0 Å². The summed E-state index contributed by atoms with van der Waals surface area (Å²) >= 11 is 0. The van der Waals surface area contributed by atoms with Crippen molar-refractivity contribution in [1.82, 2.24) is 0 Å². The van der Waals surface area contributed by atoms with Crippen LogP contribution >= 0.6 is 0 Å². The molecule has 0 fully saturated rings. The summed E-state index contributed by atoms with van der Waals surface area (Å²) < 4.78 is 0. The average Bonchev–Trinajstić information content (AvgIpc) is 3.40. The van der Waals surface area contributed by atoms with E-state index in [2.05, 4.69) is 48.6 Å². The Labute approximate surface area is 169 Å². The van der Waals surface area contributed by atoms with Crippen LogP contribution in [0, 0.1) is 27.7 Å². The molecule has 148 valence electrons. The number of aromatic hydroxyl groups is 2. The van der Waals surface area contributed by atoms with E-state index in [4.69, 9.17) is 0 Å². The van der Waals surface area contributed by atoms with Gasteiger partial charge in [-0.2, -0.15) is 0 Å². The van der Waals surface area contributed by atoms with Crippen molar-refractivity contribution in [1.29, 1.82) is 0 Å². The summed E-state index contributed by atoms with van der Waals surface area (Å²) in [6.45, 7) is 7.71. The summed E-state index contributed by atoms with van der Waals surface area (Å²) in [6.07, 6.45) is 16.4. The fourth-order valence-electron chi connectivity index (χ4n) is 3.31. The number of para-hydroxylation sites is 1. The zero-order chi connectivity index (χ0) is 20.5. The predicted molar refractivity (Wildman–Crippen MR) is 119 cm³/mol. The summed E-state index contributed by atoms with van der Waals surface area (Å²) in [5.41, 5.74) is 5.19. The minimum atomic E-state index is 0.414. The molecule has 2 heteroatoms. The lowest BCUT2D eigenvalue weighted by atomic mass is 9.94. The average molecular weight is 377 g/mol. The second kappa shape index (κ2) is 10.6. The number of allylic oxidation sites excluding steroid dienone is 6. The van der Waals surface area contributed by atoms with Gasteiger partial charge in [-0.25, -0.2) is 0 Å². The smallest absolute Gasteiger partial charge is 0.121 e. The van der Waals surface area contributed by atoms with Crippen molar-refractivity contribution in [2.24, 2.45) is 0 Å². The van der Waals surface area contributed by atoms with Crippen molar-refractivity contribution >= 4 is 0 Å². The Hall–Kier alpha value is -2.74. The molecule has 4 rings (SSSR count). The summed E-state index contributed by atoms with van der Waals surface area (Å²) in [4.78, 5) is 0. The number of hydrogen-bond acceptors (Lipinski definition) is 2. The lowest BCUT2D eigenvalue weighted by molar-refractivity contribution is 0.466. The quantitative estimate of drug-likeness (QED) is 0.528. The van der Waals surface area contributed by atoms with Crippen molar-refractivity contribution in [2.45, 2.75) is 52.9 Å². The third-order valence-electron chi connectivity index (χ3n) is 5.05. The fourth-order valence-corrected chi connectivity index (χ4v) is 3.31. The van der Waals surface area contributed by atoms with Gasteiger partial charge < -0.3 is 10.2 Å². The van der Waals surface area contributed by atoms with E-state index >= 15 is 0 Å². The van der Waals surface area contributed by atoms with Crippen LogP contribution in [0.25, 0.3) is 0 Å². The monoisotopic (exact) mass is 376 g/mol. The first-order chi connectivity index (χ1) is 13.4. The van der Waals surface area contributed by atoms with Gasteiger partial charge in [0.05, 0.1) is 0 Å². The van der Waals surface area contributed by atoms with Gasteiger partial charge in [0, 0.05) is 5.92 Å². The van der Waals surface area contributed by atoms with Crippen LogP contribution in [0.3, 0.4) is 0 Å². The molecule has 0 radical (unpaired) electrons. The molecule has 1 unspecified atom stereocenters. The van der Waals surface area contributed by atoms with Crippen LogP contribution in [0.15, 0.2) is 66.8 Å². The van der Waals surface area contributed by atoms with E-state index in [1.54, 1.807) is 0 Å². The Kier molecular flexibility index (Phi) is 8.13. The van der Waals surface area contributed by atoms with Gasteiger partial charge in [-0.1, -0.05) is 66.8 Å². The third kappa shape index (κ3) is 6.16. The lowest BCUT2D eigenvalue weighted by Crippen LogP contribution is -1.93. The topological polar surface area (TPSA) is 40.5 Å². The molecule has 2 aliphatic rings. The van der Waals surface area contributed by atoms with Gasteiger partial charge in [0.15, 0.2) is 0 Å². The largest absolute Gasteiger partial charge is 0.507 e. The van der Waals surface area contributed by atoms with Gasteiger partial charge in [-0.15, -0.1) is 0 Å². The zero-order valence-electron chi connectivity index (χ0n) is 17.4. The molecular formula is C26H32O2. The molecule has 0 aliphatic heterocycles. The molecule has 2 aromatic carbocycles. The number of rotatable bonds is 1. The van der Waals surface area contributed by atoms with Crippen molar-refractivity contribution < 1.29 is 10.2 Å². The zero-order valence-corrected chi connectivity index (χ0v) is 17.4. The Bertz CT molecular complexity index is 819. The standard InChI is InChI=1S/C13H16O.C8H10O.C5H6/c1-9-7-12(8-10(2)13(9)14)11-5-3-4-6-11;1-6-4-3-5-7(2)8(6)9;1-2-4-5-3-1/h3,5,7-8,11,14H,4,6H2,1-2H3;3-5,9H,1-2H3;1-4H,5H2. The number of phenolic OH excluding ortho intramolecular Hbond substituents is 2. The fraction of sp³-hybridized carbons (Fsp3) is 0.308. The molecule has 0 heterocycles. The Balaban J connectivity index is 0.000000170. The molecule has 2 aromatic rings. The SMILES string of the molecule is C1=CCC=C1.Cc1cc(C2C=CCC2)cc(C)c1O.Cc1cccc(C)c1O. The van der Waals surface area contributed by atoms with Crippen LogP contribution in [0.4, 0.5) is 0 Å². The van der Waals surface area contributed by atoms with E-state index in [1.165, 1.54) is 18.4 Å². The van der Waals surface area contributed by atoms with E-state index < -0.39 is 0 Å². The maximum Gasteiger partial charge on any atom is 0.121 e. The van der Waals surface area contributed by atoms with E-state index in [-0.39, 0.29) is 0 Å². The summed E-state index contributed by atoms with van der Waals surface area (Å²) in [6, 6.07) is 9.92. The number of benzene rings is 2. The van der Waals surface area contributed by atoms with Gasteiger partial charge in [0.2, 0.25) is 0 Å². The van der Waals surface area contributed by atoms with Gasteiger partial charge >= 0.3 is 0 Å². The van der Waals surface area contributed by atoms with Crippen LogP contribution in [-0.2, 0) is 0 Å². The Morgan fingerprint density at radius 2 is 1.29 bits per heavy atom. The van der Waals surface area contributed by atoms with Crippen molar-refractivity contribution in [3.05, 3.63) is 94.6 Å². The minimum Gasteiger partial charge on any atom is -0.507 e. The second-order valence-electron chi connectivity index (χ2n) is 7.45. The first-order valence-electron chi connectivity index (χ1n) is 9.93. The Morgan fingerprint density at radius 1 is 0.750 bits per heavy atom. The second-order valence-corrected chi connectivity index (χ2v) is 7.45. The van der Waals surface area contributed by atoms with Gasteiger partial charge in [0.25, 0.3) is 0 Å². The van der Waals surface area contributed by atoms with Crippen LogP contribution in [-0.4, -0.2) is 10.2 Å². The summed E-state index contributed by atoms with van der Waals surface area (Å²) in [5, 5.41) is 18.9. The summed E-state index contributed by atoms with van der Waals surface area (Å²) in [7, 11) is 0. The molecule has 2 nitrogen and oxygen atoms in total. The molecule has 0 spiro atoms. The highest BCUT2D eigenvalue weighted by atomic mass is 16.3. The van der Waals surface area contributed by atoms with Crippen molar-refractivity contribution in [3.8, 4) is 11.5 Å². The molecule has 1 atom stereocenters. The van der Waals surface area contributed by atoms with Gasteiger partial charge in [-0.05, 0) is 74.8 Å². The molecule has 0 aromatic heterocycles. The molecular weight excluding hydrogens is 344 g/mol. The maximum atomic E-state index is 9.66. The Morgan fingerprint density at radius 3 is 1.68 bits per heavy atom. The van der Waals surface area contributed by atoms with Crippen molar-refractivity contribution in [3.63, 3.8) is 0 Å². The van der Waals surface area contributed by atoms with E-state index in [0.29, 0.717) is 17.4 Å². The molecule has 2 N–H and O–H groups in total. The highest BCUT2D eigenvalue weighted by molar-refractivity contribution is 5.44. The molecule has 0 saturated carbocycles. The molecule has 0 amide bonds. The maximum absolute atomic E-state index is 9.66. The number of phenols is 2. The highest BCUT2D eigenvalue weighted by Crippen LogP contribution is 2.32. The van der Waals surface area contributed by atoms with Crippen molar-refractivity contribution in [2.75, 3.05) is 0 Å². The number of hydrogen-bond donors (Lipinski definition) is 2. The molecule has 0 bridgehead atoms. The molecule has 28 heavy (non-hydrogen) atoms.